The molecule has 3 heteroatoms. The monoisotopic (exact) mass is 329 g/mol. The molecule has 0 bridgehead atoms. The second-order valence-corrected chi connectivity index (χ2v) is 6.61. The lowest BCUT2D eigenvalue weighted by Crippen LogP contribution is -2.33. The van der Waals surface area contributed by atoms with Gasteiger partial charge in [0.15, 0.2) is 0 Å². The Morgan fingerprint density at radius 2 is 2.06 bits per heavy atom. The lowest BCUT2D eigenvalue weighted by molar-refractivity contribution is 0.356. The predicted octanol–water partition coefficient (Wildman–Crippen LogP) is 5.16. The largest absolute Gasteiger partial charge is 0.310 e. The highest BCUT2D eigenvalue weighted by atomic mass is 79.9. The normalized spacial score (nSPS) is 24.8. The van der Waals surface area contributed by atoms with Crippen LogP contribution in [0.3, 0.4) is 0 Å². The molecule has 2 atom stereocenters. The molecule has 0 spiro atoms. The minimum atomic E-state index is 0.662. The molecular weight excluding hydrogens is 310 g/mol. The Kier molecular flexibility index (Phi) is 5.53. The van der Waals surface area contributed by atoms with Crippen molar-refractivity contribution in [1.82, 2.24) is 5.32 Å². The highest BCUT2D eigenvalue weighted by Crippen LogP contribution is 2.25. The maximum Gasteiger partial charge on any atom is 0.0551 e. The van der Waals surface area contributed by atoms with Crippen LogP contribution < -0.4 is 5.32 Å². The summed E-state index contributed by atoms with van der Waals surface area (Å²) in [4.78, 5) is 0. The molecule has 0 radical (unpaired) electrons. The van der Waals surface area contributed by atoms with E-state index < -0.39 is 0 Å². The van der Waals surface area contributed by atoms with E-state index in [1.54, 1.807) is 0 Å². The van der Waals surface area contributed by atoms with Crippen molar-refractivity contribution < 1.29 is 0 Å². The second-order valence-electron chi connectivity index (χ2n) is 5.35. The van der Waals surface area contributed by atoms with Gasteiger partial charge in [0.05, 0.1) is 5.02 Å². The third-order valence-electron chi connectivity index (χ3n) is 3.91. The fraction of sp³-hybridized carbons (Fsp3) is 0.600. The molecule has 1 nitrogen and oxygen atoms in total. The van der Waals surface area contributed by atoms with Crippen molar-refractivity contribution in [2.75, 3.05) is 0 Å². The maximum absolute atomic E-state index is 6.12. The summed E-state index contributed by atoms with van der Waals surface area (Å²) in [6, 6.07) is 6.86. The minimum absolute atomic E-state index is 0.662. The molecule has 1 aromatic rings. The Balaban J connectivity index is 1.91. The van der Waals surface area contributed by atoms with E-state index in [9.17, 15) is 0 Å². The Morgan fingerprint density at radius 1 is 1.28 bits per heavy atom. The number of rotatable bonds is 3. The first-order chi connectivity index (χ1) is 8.66. The fourth-order valence-corrected chi connectivity index (χ4v) is 3.14. The van der Waals surface area contributed by atoms with Crippen LogP contribution in [0.4, 0.5) is 0 Å². The van der Waals surface area contributed by atoms with Crippen molar-refractivity contribution in [3.63, 3.8) is 0 Å². The molecule has 1 N–H and O–H groups in total. The van der Waals surface area contributed by atoms with Gasteiger partial charge in [-0.1, -0.05) is 43.9 Å². The molecule has 1 aliphatic rings. The van der Waals surface area contributed by atoms with Crippen LogP contribution >= 0.6 is 27.5 Å². The average Bonchev–Trinajstić information content (AvgIpc) is 2.56. The van der Waals surface area contributed by atoms with E-state index in [2.05, 4.69) is 34.2 Å². The summed E-state index contributed by atoms with van der Waals surface area (Å²) in [7, 11) is 0. The Bertz CT molecular complexity index is 394. The predicted molar refractivity (Wildman–Crippen MR) is 82.0 cm³/mol. The molecule has 0 saturated heterocycles. The Hall–Kier alpha value is -0.0500. The Labute approximate surface area is 123 Å². The third-order valence-corrected chi connectivity index (χ3v) is 5.15. The van der Waals surface area contributed by atoms with E-state index in [4.69, 9.17) is 11.6 Å². The van der Waals surface area contributed by atoms with Crippen LogP contribution in [-0.2, 0) is 6.54 Å². The molecular formula is C15H21BrClN. The van der Waals surface area contributed by atoms with Crippen molar-refractivity contribution in [3.8, 4) is 0 Å². The van der Waals surface area contributed by atoms with Gasteiger partial charge in [0, 0.05) is 17.1 Å². The highest BCUT2D eigenvalue weighted by molar-refractivity contribution is 9.10. The standard InChI is InChI=1S/C15H21BrClN/c1-11-5-3-2-4-6-15(11)18-10-12-7-8-13(16)14(17)9-12/h7-9,11,15,18H,2-6,10H2,1H3. The zero-order chi connectivity index (χ0) is 13.0. The number of hydrogen-bond donors (Lipinski definition) is 1. The number of nitrogens with one attached hydrogen (secondary N) is 1. The molecule has 1 fully saturated rings. The average molecular weight is 331 g/mol. The number of hydrogen-bond acceptors (Lipinski definition) is 1. The van der Waals surface area contributed by atoms with Crippen molar-refractivity contribution in [3.05, 3.63) is 33.3 Å². The second kappa shape index (κ2) is 6.93. The van der Waals surface area contributed by atoms with Crippen LogP contribution in [0.5, 0.6) is 0 Å². The highest BCUT2D eigenvalue weighted by Gasteiger charge is 2.19. The van der Waals surface area contributed by atoms with Gasteiger partial charge in [-0.05, 0) is 52.4 Å². The summed E-state index contributed by atoms with van der Waals surface area (Å²) in [5.74, 6) is 0.790. The summed E-state index contributed by atoms with van der Waals surface area (Å²) < 4.78 is 0.968. The lowest BCUT2D eigenvalue weighted by Gasteiger charge is -2.23. The lowest BCUT2D eigenvalue weighted by atomic mass is 9.97. The van der Waals surface area contributed by atoms with E-state index in [1.807, 2.05) is 12.1 Å². The smallest absolute Gasteiger partial charge is 0.0551 e. The van der Waals surface area contributed by atoms with Gasteiger partial charge in [0.2, 0.25) is 0 Å². The summed E-state index contributed by atoms with van der Waals surface area (Å²) >= 11 is 9.54. The van der Waals surface area contributed by atoms with Gasteiger partial charge in [-0.3, -0.25) is 0 Å². The molecule has 0 aromatic heterocycles. The van der Waals surface area contributed by atoms with E-state index in [0.29, 0.717) is 6.04 Å². The van der Waals surface area contributed by atoms with Crippen LogP contribution in [0.25, 0.3) is 0 Å². The number of benzene rings is 1. The zero-order valence-corrected chi connectivity index (χ0v) is 13.2. The van der Waals surface area contributed by atoms with Gasteiger partial charge in [0.25, 0.3) is 0 Å². The van der Waals surface area contributed by atoms with E-state index in [1.165, 1.54) is 37.7 Å². The fourth-order valence-electron chi connectivity index (χ4n) is 2.69. The first-order valence-electron chi connectivity index (χ1n) is 6.84. The summed E-state index contributed by atoms with van der Waals surface area (Å²) in [5, 5.41) is 4.50. The van der Waals surface area contributed by atoms with Gasteiger partial charge in [-0.25, -0.2) is 0 Å². The van der Waals surface area contributed by atoms with Crippen molar-refractivity contribution in [2.24, 2.45) is 5.92 Å². The molecule has 100 valence electrons. The molecule has 18 heavy (non-hydrogen) atoms. The van der Waals surface area contributed by atoms with Crippen molar-refractivity contribution in [2.45, 2.75) is 51.6 Å². The molecule has 1 saturated carbocycles. The topological polar surface area (TPSA) is 12.0 Å². The van der Waals surface area contributed by atoms with E-state index in [0.717, 1.165) is 22.0 Å². The summed E-state index contributed by atoms with van der Waals surface area (Å²) in [6.45, 7) is 3.29. The molecule has 0 aliphatic heterocycles. The van der Waals surface area contributed by atoms with Gasteiger partial charge in [-0.2, -0.15) is 0 Å². The summed E-state index contributed by atoms with van der Waals surface area (Å²) in [5.41, 5.74) is 1.26. The van der Waals surface area contributed by atoms with Crippen LogP contribution in [0.2, 0.25) is 5.02 Å². The first-order valence-corrected chi connectivity index (χ1v) is 8.01. The first kappa shape index (κ1) is 14.4. The van der Waals surface area contributed by atoms with Gasteiger partial charge in [-0.15, -0.1) is 0 Å². The van der Waals surface area contributed by atoms with E-state index in [-0.39, 0.29) is 0 Å². The minimum Gasteiger partial charge on any atom is -0.310 e. The molecule has 2 rings (SSSR count). The van der Waals surface area contributed by atoms with E-state index >= 15 is 0 Å². The van der Waals surface area contributed by atoms with Crippen LogP contribution in [0, 0.1) is 5.92 Å². The van der Waals surface area contributed by atoms with Crippen LogP contribution in [0.1, 0.15) is 44.6 Å². The zero-order valence-electron chi connectivity index (χ0n) is 10.9. The molecule has 1 aromatic carbocycles. The van der Waals surface area contributed by atoms with Crippen LogP contribution in [0.15, 0.2) is 22.7 Å². The SMILES string of the molecule is CC1CCCCCC1NCc1ccc(Br)c(Cl)c1. The third kappa shape index (κ3) is 3.97. The maximum atomic E-state index is 6.12. The number of halogens is 2. The quantitative estimate of drug-likeness (QED) is 0.755. The summed E-state index contributed by atoms with van der Waals surface area (Å²) in [6.07, 6.45) is 6.82. The molecule has 1 aliphatic carbocycles. The van der Waals surface area contributed by atoms with Gasteiger partial charge >= 0.3 is 0 Å². The van der Waals surface area contributed by atoms with Gasteiger partial charge < -0.3 is 5.32 Å². The van der Waals surface area contributed by atoms with Crippen LogP contribution in [-0.4, -0.2) is 6.04 Å². The van der Waals surface area contributed by atoms with Crippen molar-refractivity contribution >= 4 is 27.5 Å². The van der Waals surface area contributed by atoms with Crippen molar-refractivity contribution in [1.29, 1.82) is 0 Å². The molecule has 2 unspecified atom stereocenters. The molecule has 0 heterocycles. The Morgan fingerprint density at radius 3 is 2.83 bits per heavy atom. The molecule has 0 amide bonds. The van der Waals surface area contributed by atoms with Gasteiger partial charge in [0.1, 0.15) is 0 Å².